The molecule has 0 spiro atoms. The number of hydrogen-bond donors (Lipinski definition) is 0. The predicted molar refractivity (Wildman–Crippen MR) is 91.9 cm³/mol. The summed E-state index contributed by atoms with van der Waals surface area (Å²) in [4.78, 5) is 17.9. The van der Waals surface area contributed by atoms with Gasteiger partial charge in [0.05, 0.1) is 5.69 Å². The Hall–Kier alpha value is -2.63. The zero-order valence-corrected chi connectivity index (χ0v) is 13.8. The molecule has 0 aliphatic carbocycles. The summed E-state index contributed by atoms with van der Waals surface area (Å²) < 4.78 is 1.60. The van der Waals surface area contributed by atoms with Gasteiger partial charge in [0.2, 0.25) is 0 Å². The maximum absolute atomic E-state index is 12.4. The molecule has 0 N–H and O–H groups in total. The molecule has 0 unspecified atom stereocenters. The summed E-state index contributed by atoms with van der Waals surface area (Å²) in [6, 6.07) is 18.5. The Morgan fingerprint density at radius 2 is 1.96 bits per heavy atom. The molecule has 24 heavy (non-hydrogen) atoms. The Morgan fingerprint density at radius 3 is 2.71 bits per heavy atom. The summed E-state index contributed by atoms with van der Waals surface area (Å²) in [5.41, 5.74) is 2.07. The topological polar surface area (TPSA) is 47.4 Å². The molecule has 0 saturated heterocycles. The van der Waals surface area contributed by atoms with Crippen LogP contribution < -0.4 is 0 Å². The van der Waals surface area contributed by atoms with E-state index in [-0.39, 0.29) is 5.91 Å². The first-order valence-electron chi connectivity index (χ1n) is 7.40. The molecule has 6 heteroatoms. The molecular weight excluding hydrogens is 326 g/mol. The monoisotopic (exact) mass is 341 g/mol. The van der Waals surface area contributed by atoms with Crippen molar-refractivity contribution in [2.45, 2.75) is 6.61 Å². The number of halogens is 1. The Morgan fingerprint density at radius 1 is 1.17 bits per heavy atom. The van der Waals surface area contributed by atoms with Crippen LogP contribution >= 0.6 is 11.6 Å². The van der Waals surface area contributed by atoms with Crippen LogP contribution in [0.25, 0.3) is 5.69 Å². The third kappa shape index (κ3) is 3.82. The van der Waals surface area contributed by atoms with E-state index >= 15 is 0 Å². The van der Waals surface area contributed by atoms with Crippen LogP contribution in [0.5, 0.6) is 0 Å². The molecule has 5 nitrogen and oxygen atoms in total. The largest absolute Gasteiger partial charge is 0.297 e. The van der Waals surface area contributed by atoms with Gasteiger partial charge in [0.25, 0.3) is 5.91 Å². The van der Waals surface area contributed by atoms with Gasteiger partial charge in [0.1, 0.15) is 6.61 Å². The molecule has 0 saturated carbocycles. The SMILES string of the molecule is CN(OCc1ccccc1)C(=O)c1ccn(-c2cccc(Cl)c2)n1. The van der Waals surface area contributed by atoms with Crippen LogP contribution in [0.2, 0.25) is 5.02 Å². The van der Waals surface area contributed by atoms with Crippen molar-refractivity contribution in [1.82, 2.24) is 14.8 Å². The van der Waals surface area contributed by atoms with Crippen molar-refractivity contribution < 1.29 is 9.63 Å². The van der Waals surface area contributed by atoms with Crippen molar-refractivity contribution in [2.75, 3.05) is 7.05 Å². The van der Waals surface area contributed by atoms with Crippen LogP contribution in [0.3, 0.4) is 0 Å². The normalized spacial score (nSPS) is 10.6. The summed E-state index contributed by atoms with van der Waals surface area (Å²) in [7, 11) is 1.57. The number of rotatable bonds is 5. The van der Waals surface area contributed by atoms with Crippen LogP contribution in [-0.4, -0.2) is 27.8 Å². The quantitative estimate of drug-likeness (QED) is 0.664. The number of nitrogens with zero attached hydrogens (tertiary/aromatic N) is 3. The first-order chi connectivity index (χ1) is 11.6. The Balaban J connectivity index is 1.67. The third-order valence-corrected chi connectivity index (χ3v) is 3.67. The third-order valence-electron chi connectivity index (χ3n) is 3.43. The van der Waals surface area contributed by atoms with Gasteiger partial charge in [-0.1, -0.05) is 48.0 Å². The summed E-state index contributed by atoms with van der Waals surface area (Å²) in [6.45, 7) is 0.318. The molecule has 0 bridgehead atoms. The van der Waals surface area contributed by atoms with Crippen molar-refractivity contribution in [1.29, 1.82) is 0 Å². The standard InChI is InChI=1S/C18H16ClN3O2/c1-21(24-13-14-6-3-2-4-7-14)18(23)17-10-11-22(20-17)16-9-5-8-15(19)12-16/h2-12H,13H2,1H3. The number of carbonyl (C=O) groups excluding carboxylic acids is 1. The second-order valence-electron chi connectivity index (χ2n) is 5.19. The van der Waals surface area contributed by atoms with Crippen molar-refractivity contribution in [3.8, 4) is 5.69 Å². The number of hydrogen-bond acceptors (Lipinski definition) is 3. The van der Waals surface area contributed by atoms with Crippen LogP contribution in [0.15, 0.2) is 66.9 Å². The number of amides is 1. The first kappa shape index (κ1) is 16.2. The fourth-order valence-corrected chi connectivity index (χ4v) is 2.35. The van der Waals surface area contributed by atoms with E-state index in [1.165, 1.54) is 5.06 Å². The molecule has 3 aromatic rings. The average molecular weight is 342 g/mol. The van der Waals surface area contributed by atoms with E-state index in [9.17, 15) is 4.79 Å². The average Bonchev–Trinajstić information content (AvgIpc) is 3.10. The molecule has 0 aliphatic rings. The maximum Gasteiger partial charge on any atom is 0.297 e. The van der Waals surface area contributed by atoms with Crippen molar-refractivity contribution in [3.63, 3.8) is 0 Å². The van der Waals surface area contributed by atoms with Gasteiger partial charge in [-0.15, -0.1) is 0 Å². The second-order valence-corrected chi connectivity index (χ2v) is 5.62. The van der Waals surface area contributed by atoms with Crippen molar-refractivity contribution >= 4 is 17.5 Å². The number of aromatic nitrogens is 2. The minimum absolute atomic E-state index is 0.297. The van der Waals surface area contributed by atoms with Gasteiger partial charge in [0, 0.05) is 18.3 Å². The van der Waals surface area contributed by atoms with E-state index in [4.69, 9.17) is 16.4 Å². The number of hydroxylamine groups is 2. The van der Waals surface area contributed by atoms with Gasteiger partial charge in [-0.05, 0) is 29.8 Å². The lowest BCUT2D eigenvalue weighted by atomic mass is 10.2. The molecule has 3 rings (SSSR count). The van der Waals surface area contributed by atoms with E-state index < -0.39 is 0 Å². The second kappa shape index (κ2) is 7.29. The fourth-order valence-electron chi connectivity index (χ4n) is 2.17. The highest BCUT2D eigenvalue weighted by Gasteiger charge is 2.16. The molecule has 0 radical (unpaired) electrons. The van der Waals surface area contributed by atoms with Gasteiger partial charge in [-0.2, -0.15) is 5.10 Å². The minimum atomic E-state index is -0.313. The van der Waals surface area contributed by atoms with Gasteiger partial charge in [-0.3, -0.25) is 9.63 Å². The lowest BCUT2D eigenvalue weighted by Crippen LogP contribution is -2.27. The maximum atomic E-state index is 12.4. The van der Waals surface area contributed by atoms with Crippen LogP contribution in [0.4, 0.5) is 0 Å². The fraction of sp³-hybridized carbons (Fsp3) is 0.111. The van der Waals surface area contributed by atoms with E-state index in [2.05, 4.69) is 5.10 Å². The van der Waals surface area contributed by atoms with Crippen LogP contribution in [-0.2, 0) is 11.4 Å². The van der Waals surface area contributed by atoms with E-state index in [0.29, 0.717) is 17.3 Å². The zero-order chi connectivity index (χ0) is 16.9. The van der Waals surface area contributed by atoms with E-state index in [1.807, 2.05) is 42.5 Å². The smallest absolute Gasteiger partial charge is 0.266 e. The van der Waals surface area contributed by atoms with Gasteiger partial charge < -0.3 is 0 Å². The summed E-state index contributed by atoms with van der Waals surface area (Å²) in [6.07, 6.45) is 1.71. The van der Waals surface area contributed by atoms with Gasteiger partial charge in [-0.25, -0.2) is 9.75 Å². The van der Waals surface area contributed by atoms with E-state index in [0.717, 1.165) is 11.3 Å². The summed E-state index contributed by atoms with van der Waals surface area (Å²) in [5, 5.41) is 6.09. The van der Waals surface area contributed by atoms with Crippen molar-refractivity contribution in [3.05, 3.63) is 83.1 Å². The molecule has 122 valence electrons. The van der Waals surface area contributed by atoms with Crippen LogP contribution in [0.1, 0.15) is 16.1 Å². The molecule has 1 amide bonds. The highest BCUT2D eigenvalue weighted by molar-refractivity contribution is 6.30. The summed E-state index contributed by atoms with van der Waals surface area (Å²) in [5.74, 6) is -0.313. The molecule has 0 fully saturated rings. The van der Waals surface area contributed by atoms with Gasteiger partial charge in [0.15, 0.2) is 5.69 Å². The first-order valence-corrected chi connectivity index (χ1v) is 7.78. The summed E-state index contributed by atoms with van der Waals surface area (Å²) >= 11 is 5.98. The molecule has 0 aliphatic heterocycles. The minimum Gasteiger partial charge on any atom is -0.266 e. The zero-order valence-electron chi connectivity index (χ0n) is 13.1. The molecule has 0 atom stereocenters. The van der Waals surface area contributed by atoms with Crippen molar-refractivity contribution in [2.24, 2.45) is 0 Å². The lowest BCUT2D eigenvalue weighted by Gasteiger charge is -2.15. The Labute approximate surface area is 145 Å². The van der Waals surface area contributed by atoms with Crippen LogP contribution in [0, 0.1) is 0 Å². The number of carbonyl (C=O) groups is 1. The molecular formula is C18H16ClN3O2. The Kier molecular flexibility index (Phi) is 4.93. The molecule has 2 aromatic carbocycles. The molecule has 1 heterocycles. The molecule has 1 aromatic heterocycles. The predicted octanol–water partition coefficient (Wildman–Crippen LogP) is 3.73. The highest BCUT2D eigenvalue weighted by atomic mass is 35.5. The van der Waals surface area contributed by atoms with E-state index in [1.54, 1.807) is 36.1 Å². The number of benzene rings is 2. The lowest BCUT2D eigenvalue weighted by molar-refractivity contribution is -0.116. The highest BCUT2D eigenvalue weighted by Crippen LogP contribution is 2.15. The Bertz CT molecular complexity index is 833. The van der Waals surface area contributed by atoms with Gasteiger partial charge >= 0.3 is 0 Å².